The van der Waals surface area contributed by atoms with E-state index in [-0.39, 0.29) is 18.0 Å². The Kier molecular flexibility index (Phi) is 39.4. The lowest BCUT2D eigenvalue weighted by atomic mass is 10.1. The van der Waals surface area contributed by atoms with Crippen molar-refractivity contribution in [1.29, 1.82) is 0 Å². The fraction of sp³-hybridized carbons (Fsp3) is 0.766. The van der Waals surface area contributed by atoms with E-state index in [1.807, 2.05) is 0 Å². The van der Waals surface area contributed by atoms with E-state index >= 15 is 0 Å². The highest BCUT2D eigenvalue weighted by molar-refractivity contribution is 5.83. The van der Waals surface area contributed by atoms with Crippen LogP contribution in [-0.4, -0.2) is 41.6 Å². The van der Waals surface area contributed by atoms with E-state index in [2.05, 4.69) is 67.8 Å². The number of carbonyl (C=O) groups is 3. The molecule has 2 unspecified atom stereocenters. The first kappa shape index (κ1) is 51.3. The van der Waals surface area contributed by atoms with E-state index in [4.69, 9.17) is 10.5 Å². The van der Waals surface area contributed by atoms with E-state index in [1.165, 1.54) is 103 Å². The maximum absolute atomic E-state index is 12.7. The number of unbranched alkanes of at least 4 members (excludes halogenated alkanes) is 20. The van der Waals surface area contributed by atoms with E-state index < -0.39 is 12.0 Å². The number of nitrogens with one attached hydrogen (secondary N) is 1. The Morgan fingerprint density at radius 1 is 0.556 bits per heavy atom. The van der Waals surface area contributed by atoms with Gasteiger partial charge >= 0.3 is 11.9 Å². The summed E-state index contributed by atoms with van der Waals surface area (Å²) < 4.78 is 5.90. The van der Waals surface area contributed by atoms with Gasteiger partial charge in [-0.15, -0.1) is 0 Å². The predicted octanol–water partition coefficient (Wildman–Crippen LogP) is 12.8. The van der Waals surface area contributed by atoms with Crippen LogP contribution >= 0.6 is 0 Å². The molecule has 0 aromatic carbocycles. The molecule has 0 saturated carbocycles. The van der Waals surface area contributed by atoms with Crippen molar-refractivity contribution in [2.75, 3.05) is 6.54 Å². The smallest absolute Gasteiger partial charge is 0.326 e. The number of aliphatic carboxylic acids is 1. The van der Waals surface area contributed by atoms with Crippen LogP contribution in [0.25, 0.3) is 0 Å². The molecule has 0 aromatic rings. The summed E-state index contributed by atoms with van der Waals surface area (Å²) in [6.07, 6.45) is 50.4. The monoisotopic (exact) mass is 757 g/mol. The van der Waals surface area contributed by atoms with Gasteiger partial charge in [0.2, 0.25) is 5.91 Å². The SMILES string of the molecule is CCCCCC/C=C\C(CCCCCCC(=O)NC(CCCN)C(=O)O)OC(=O)CCCCCCCCCC/C=C\C/C=C\C/C=C\CCCCCCC. The summed E-state index contributed by atoms with van der Waals surface area (Å²) >= 11 is 0. The number of carboxylic acid groups (broad SMARTS) is 1. The lowest BCUT2D eigenvalue weighted by Gasteiger charge is -2.15. The number of amides is 1. The summed E-state index contributed by atoms with van der Waals surface area (Å²) in [7, 11) is 0. The van der Waals surface area contributed by atoms with Crippen LogP contribution in [0.3, 0.4) is 0 Å². The summed E-state index contributed by atoms with van der Waals surface area (Å²) in [6.45, 7) is 4.88. The number of nitrogens with two attached hydrogens (primary N) is 1. The van der Waals surface area contributed by atoms with Crippen molar-refractivity contribution in [3.05, 3.63) is 48.6 Å². The topological polar surface area (TPSA) is 119 Å². The first-order chi connectivity index (χ1) is 26.4. The Bertz CT molecular complexity index is 989. The van der Waals surface area contributed by atoms with E-state index in [0.717, 1.165) is 64.2 Å². The second kappa shape index (κ2) is 41.5. The van der Waals surface area contributed by atoms with Gasteiger partial charge in [-0.05, 0) is 103 Å². The van der Waals surface area contributed by atoms with Gasteiger partial charge in [0.15, 0.2) is 0 Å². The van der Waals surface area contributed by atoms with Crippen molar-refractivity contribution < 1.29 is 24.2 Å². The number of rotatable bonds is 40. The summed E-state index contributed by atoms with van der Waals surface area (Å²) in [4.78, 5) is 36.3. The Morgan fingerprint density at radius 2 is 1.02 bits per heavy atom. The molecule has 7 nitrogen and oxygen atoms in total. The number of ether oxygens (including phenoxy) is 1. The molecule has 0 bridgehead atoms. The average Bonchev–Trinajstić information content (AvgIpc) is 3.16. The number of hydrogen-bond acceptors (Lipinski definition) is 5. The van der Waals surface area contributed by atoms with Gasteiger partial charge in [-0.2, -0.15) is 0 Å². The van der Waals surface area contributed by atoms with Crippen molar-refractivity contribution in [1.82, 2.24) is 5.32 Å². The first-order valence-corrected chi connectivity index (χ1v) is 22.5. The Hall–Kier alpha value is -2.67. The minimum Gasteiger partial charge on any atom is -0.480 e. The van der Waals surface area contributed by atoms with Crippen molar-refractivity contribution in [3.8, 4) is 0 Å². The van der Waals surface area contributed by atoms with Crippen molar-refractivity contribution in [2.45, 2.75) is 225 Å². The number of allylic oxidation sites excluding steroid dienone is 7. The molecule has 0 rings (SSSR count). The highest BCUT2D eigenvalue weighted by Crippen LogP contribution is 2.16. The van der Waals surface area contributed by atoms with Gasteiger partial charge in [-0.25, -0.2) is 4.79 Å². The third kappa shape index (κ3) is 37.6. The second-order valence-corrected chi connectivity index (χ2v) is 15.1. The summed E-state index contributed by atoms with van der Waals surface area (Å²) in [5.74, 6) is -1.34. The molecule has 0 radical (unpaired) electrons. The first-order valence-electron chi connectivity index (χ1n) is 22.5. The minimum absolute atomic E-state index is 0.0983. The molecule has 312 valence electrons. The predicted molar refractivity (Wildman–Crippen MR) is 230 cm³/mol. The van der Waals surface area contributed by atoms with Gasteiger partial charge in [0.25, 0.3) is 0 Å². The molecule has 54 heavy (non-hydrogen) atoms. The largest absolute Gasteiger partial charge is 0.480 e. The van der Waals surface area contributed by atoms with E-state index in [9.17, 15) is 19.5 Å². The number of esters is 1. The number of carboxylic acids is 1. The van der Waals surface area contributed by atoms with Gasteiger partial charge in [0.1, 0.15) is 12.1 Å². The Balaban J connectivity index is 4.07. The molecule has 1 amide bonds. The van der Waals surface area contributed by atoms with E-state index in [0.29, 0.717) is 38.6 Å². The number of hydrogen-bond donors (Lipinski definition) is 3. The molecule has 0 aliphatic carbocycles. The Morgan fingerprint density at radius 3 is 1.57 bits per heavy atom. The van der Waals surface area contributed by atoms with Gasteiger partial charge in [-0.3, -0.25) is 9.59 Å². The molecule has 0 saturated heterocycles. The maximum Gasteiger partial charge on any atom is 0.326 e. The molecule has 0 aliphatic rings. The maximum atomic E-state index is 12.7. The third-order valence-electron chi connectivity index (χ3n) is 9.85. The lowest BCUT2D eigenvalue weighted by molar-refractivity contribution is -0.147. The molecule has 7 heteroatoms. The van der Waals surface area contributed by atoms with Crippen LogP contribution in [0.1, 0.15) is 213 Å². The fourth-order valence-electron chi connectivity index (χ4n) is 6.43. The Labute approximate surface area is 332 Å². The molecule has 0 heterocycles. The number of carbonyl (C=O) groups excluding carboxylic acids is 2. The highest BCUT2D eigenvalue weighted by atomic mass is 16.5. The van der Waals surface area contributed by atoms with Gasteiger partial charge < -0.3 is 20.9 Å². The zero-order chi connectivity index (χ0) is 39.6. The van der Waals surface area contributed by atoms with Crippen molar-refractivity contribution >= 4 is 17.8 Å². The zero-order valence-electron chi connectivity index (χ0n) is 35.1. The fourth-order valence-corrected chi connectivity index (χ4v) is 6.43. The molecule has 4 N–H and O–H groups in total. The molecule has 2 atom stereocenters. The quantitative estimate of drug-likeness (QED) is 0.0325. The molecule has 0 aromatic heterocycles. The van der Waals surface area contributed by atoms with Crippen molar-refractivity contribution in [3.63, 3.8) is 0 Å². The van der Waals surface area contributed by atoms with E-state index in [1.54, 1.807) is 0 Å². The van der Waals surface area contributed by atoms with Gasteiger partial charge in [0.05, 0.1) is 0 Å². The summed E-state index contributed by atoms with van der Waals surface area (Å²) in [6, 6.07) is -0.871. The summed E-state index contributed by atoms with van der Waals surface area (Å²) in [5.41, 5.74) is 5.48. The molecular weight excluding hydrogens is 673 g/mol. The van der Waals surface area contributed by atoms with Gasteiger partial charge in [0, 0.05) is 12.8 Å². The zero-order valence-corrected chi connectivity index (χ0v) is 35.1. The lowest BCUT2D eigenvalue weighted by Crippen LogP contribution is -2.40. The van der Waals surface area contributed by atoms with Crippen LogP contribution in [0.4, 0.5) is 0 Å². The summed E-state index contributed by atoms with van der Waals surface area (Å²) in [5, 5.41) is 11.9. The van der Waals surface area contributed by atoms with Crippen LogP contribution in [0.5, 0.6) is 0 Å². The third-order valence-corrected chi connectivity index (χ3v) is 9.85. The molecule has 0 aliphatic heterocycles. The van der Waals surface area contributed by atoms with Crippen LogP contribution in [0.2, 0.25) is 0 Å². The normalized spacial score (nSPS) is 13.1. The standard InChI is InChI=1S/C47H84N2O5/c1-3-5-7-9-11-12-13-14-15-16-17-18-19-20-21-22-23-24-25-26-27-29-35-41-46(51)54-43(37-32-28-10-8-6-4-2)38-33-30-31-34-40-45(50)49-44(47(52)53)39-36-42-48/h13-14,16-17,19-20,32,37,43-44H,3-12,15,18,21-31,33-36,38-42,48H2,1-2H3,(H,49,50)(H,52,53)/b14-13-,17-16-,20-19-,37-32-. The molecule has 0 fully saturated rings. The van der Waals surface area contributed by atoms with Crippen molar-refractivity contribution in [2.24, 2.45) is 5.73 Å². The van der Waals surface area contributed by atoms with Gasteiger partial charge in [-0.1, -0.05) is 153 Å². The molecule has 0 spiro atoms. The van der Waals surface area contributed by atoms with Crippen LogP contribution in [0, 0.1) is 0 Å². The molecular formula is C47H84N2O5. The van der Waals surface area contributed by atoms with Crippen LogP contribution < -0.4 is 11.1 Å². The minimum atomic E-state index is -1.02. The highest BCUT2D eigenvalue weighted by Gasteiger charge is 2.19. The van der Waals surface area contributed by atoms with Crippen LogP contribution in [-0.2, 0) is 19.1 Å². The average molecular weight is 757 g/mol. The van der Waals surface area contributed by atoms with Crippen LogP contribution in [0.15, 0.2) is 48.6 Å². The second-order valence-electron chi connectivity index (χ2n) is 15.1.